The summed E-state index contributed by atoms with van der Waals surface area (Å²) in [6, 6.07) is 9.22. The first kappa shape index (κ1) is 16.4. The quantitative estimate of drug-likeness (QED) is 0.880. The first-order valence-corrected chi connectivity index (χ1v) is 7.85. The topological polar surface area (TPSA) is 69.9 Å². The van der Waals surface area contributed by atoms with E-state index in [-0.39, 0.29) is 11.8 Å². The Labute approximate surface area is 140 Å². The second kappa shape index (κ2) is 7.40. The standard InChI is InChI=1S/C18H21NO5/c1-21-11-15-5-6-16(24-15)18(20)19-9-12-7-13-3-4-14(22-2)8-17(13)23-10-12/h3-6,8,12H,7,9-11H2,1-2H3,(H,19,20)/t12-/m0/s1. The predicted octanol–water partition coefficient (Wildman–Crippen LogP) is 2.42. The molecular weight excluding hydrogens is 310 g/mol. The van der Waals surface area contributed by atoms with E-state index in [1.807, 2.05) is 18.2 Å². The van der Waals surface area contributed by atoms with Crippen molar-refractivity contribution in [3.63, 3.8) is 0 Å². The second-order valence-corrected chi connectivity index (χ2v) is 5.76. The summed E-state index contributed by atoms with van der Waals surface area (Å²) in [6.45, 7) is 1.45. The van der Waals surface area contributed by atoms with Gasteiger partial charge in [0.05, 0.1) is 13.7 Å². The van der Waals surface area contributed by atoms with Gasteiger partial charge in [0.2, 0.25) is 0 Å². The molecule has 2 heterocycles. The number of rotatable bonds is 6. The van der Waals surface area contributed by atoms with Crippen LogP contribution in [0.2, 0.25) is 0 Å². The molecule has 24 heavy (non-hydrogen) atoms. The van der Waals surface area contributed by atoms with E-state index >= 15 is 0 Å². The number of furan rings is 1. The Kier molecular flexibility index (Phi) is 5.05. The second-order valence-electron chi connectivity index (χ2n) is 5.76. The maximum atomic E-state index is 12.1. The molecule has 0 spiro atoms. The lowest BCUT2D eigenvalue weighted by Crippen LogP contribution is -2.34. The van der Waals surface area contributed by atoms with Crippen molar-refractivity contribution in [3.05, 3.63) is 47.4 Å². The van der Waals surface area contributed by atoms with Gasteiger partial charge in [-0.15, -0.1) is 0 Å². The van der Waals surface area contributed by atoms with Gasteiger partial charge >= 0.3 is 0 Å². The third kappa shape index (κ3) is 3.71. The molecule has 2 aromatic rings. The van der Waals surface area contributed by atoms with Gasteiger partial charge in [0.15, 0.2) is 5.76 Å². The number of ether oxygens (including phenoxy) is 3. The summed E-state index contributed by atoms with van der Waals surface area (Å²) in [4.78, 5) is 12.1. The normalized spacial score (nSPS) is 16.2. The van der Waals surface area contributed by atoms with Crippen LogP contribution in [-0.2, 0) is 17.8 Å². The average Bonchev–Trinajstić information content (AvgIpc) is 3.08. The fourth-order valence-electron chi connectivity index (χ4n) is 2.72. The lowest BCUT2D eigenvalue weighted by molar-refractivity contribution is 0.0902. The molecule has 1 N–H and O–H groups in total. The van der Waals surface area contributed by atoms with Crippen LogP contribution in [0.3, 0.4) is 0 Å². The SMILES string of the molecule is COCc1ccc(C(=O)NC[C@H]2COc3cc(OC)ccc3C2)o1. The third-order valence-corrected chi connectivity index (χ3v) is 3.98. The van der Waals surface area contributed by atoms with Crippen LogP contribution in [0.1, 0.15) is 21.9 Å². The Morgan fingerprint density at radius 1 is 1.29 bits per heavy atom. The van der Waals surface area contributed by atoms with Crippen molar-refractivity contribution in [1.29, 1.82) is 0 Å². The molecule has 6 nitrogen and oxygen atoms in total. The molecule has 1 aromatic heterocycles. The van der Waals surface area contributed by atoms with E-state index in [0.29, 0.717) is 31.3 Å². The van der Waals surface area contributed by atoms with E-state index in [0.717, 1.165) is 23.5 Å². The molecule has 1 aliphatic heterocycles. The molecule has 0 bridgehead atoms. The Bertz CT molecular complexity index is 709. The van der Waals surface area contributed by atoms with Gasteiger partial charge in [-0.2, -0.15) is 0 Å². The fraction of sp³-hybridized carbons (Fsp3) is 0.389. The molecule has 3 rings (SSSR count). The zero-order valence-corrected chi connectivity index (χ0v) is 13.8. The molecule has 0 fully saturated rings. The van der Waals surface area contributed by atoms with Crippen molar-refractivity contribution >= 4 is 5.91 Å². The van der Waals surface area contributed by atoms with E-state index < -0.39 is 0 Å². The smallest absolute Gasteiger partial charge is 0.287 e. The highest BCUT2D eigenvalue weighted by Gasteiger charge is 2.21. The van der Waals surface area contributed by atoms with Gasteiger partial charge in [-0.25, -0.2) is 0 Å². The minimum Gasteiger partial charge on any atom is -0.497 e. The fourth-order valence-corrected chi connectivity index (χ4v) is 2.72. The number of nitrogens with one attached hydrogen (secondary N) is 1. The Balaban J connectivity index is 1.54. The van der Waals surface area contributed by atoms with Gasteiger partial charge in [-0.3, -0.25) is 4.79 Å². The van der Waals surface area contributed by atoms with Crippen LogP contribution in [0.5, 0.6) is 11.5 Å². The summed E-state index contributed by atoms with van der Waals surface area (Å²) in [5.41, 5.74) is 1.13. The summed E-state index contributed by atoms with van der Waals surface area (Å²) in [7, 11) is 3.22. The maximum absolute atomic E-state index is 12.1. The summed E-state index contributed by atoms with van der Waals surface area (Å²) < 4.78 is 21.4. The van der Waals surface area contributed by atoms with Crippen molar-refractivity contribution in [2.75, 3.05) is 27.4 Å². The van der Waals surface area contributed by atoms with Gasteiger partial charge in [0.1, 0.15) is 23.9 Å². The number of fused-ring (bicyclic) bond motifs is 1. The van der Waals surface area contributed by atoms with E-state index in [1.54, 1.807) is 26.4 Å². The number of methoxy groups -OCH3 is 2. The van der Waals surface area contributed by atoms with Gasteiger partial charge < -0.3 is 23.9 Å². The summed E-state index contributed by atoms with van der Waals surface area (Å²) in [5, 5.41) is 2.90. The van der Waals surface area contributed by atoms with Crippen LogP contribution in [0.25, 0.3) is 0 Å². The van der Waals surface area contributed by atoms with E-state index in [9.17, 15) is 4.79 Å². The summed E-state index contributed by atoms with van der Waals surface area (Å²) >= 11 is 0. The predicted molar refractivity (Wildman–Crippen MR) is 87.4 cm³/mol. The number of hydrogen-bond donors (Lipinski definition) is 1. The first-order valence-electron chi connectivity index (χ1n) is 7.85. The average molecular weight is 331 g/mol. The number of carbonyl (C=O) groups excluding carboxylic acids is 1. The third-order valence-electron chi connectivity index (χ3n) is 3.98. The molecule has 1 amide bonds. The highest BCUT2D eigenvalue weighted by molar-refractivity contribution is 5.91. The van der Waals surface area contributed by atoms with E-state index in [4.69, 9.17) is 18.6 Å². The lowest BCUT2D eigenvalue weighted by Gasteiger charge is -2.25. The minimum absolute atomic E-state index is 0.224. The largest absolute Gasteiger partial charge is 0.497 e. The van der Waals surface area contributed by atoms with Crippen LogP contribution in [-0.4, -0.2) is 33.3 Å². The highest BCUT2D eigenvalue weighted by Crippen LogP contribution is 2.30. The summed E-state index contributed by atoms with van der Waals surface area (Å²) in [5.74, 6) is 2.56. The zero-order chi connectivity index (χ0) is 16.9. The van der Waals surface area contributed by atoms with Crippen molar-refractivity contribution in [1.82, 2.24) is 5.32 Å². The van der Waals surface area contributed by atoms with Crippen molar-refractivity contribution in [2.45, 2.75) is 13.0 Å². The number of carbonyl (C=O) groups is 1. The number of amides is 1. The van der Waals surface area contributed by atoms with Gasteiger partial charge in [0.25, 0.3) is 5.91 Å². The molecule has 0 saturated carbocycles. The first-order chi connectivity index (χ1) is 11.7. The van der Waals surface area contributed by atoms with Crippen molar-refractivity contribution in [2.24, 2.45) is 5.92 Å². The van der Waals surface area contributed by atoms with E-state index in [1.165, 1.54) is 0 Å². The molecule has 0 unspecified atom stereocenters. The molecule has 6 heteroatoms. The van der Waals surface area contributed by atoms with Gasteiger partial charge in [-0.05, 0) is 30.2 Å². The van der Waals surface area contributed by atoms with Gasteiger partial charge in [-0.1, -0.05) is 6.07 Å². The Morgan fingerprint density at radius 3 is 2.96 bits per heavy atom. The van der Waals surface area contributed by atoms with Gasteiger partial charge in [0, 0.05) is 25.6 Å². The van der Waals surface area contributed by atoms with Crippen LogP contribution in [0, 0.1) is 5.92 Å². The van der Waals surface area contributed by atoms with Crippen molar-refractivity contribution in [3.8, 4) is 11.5 Å². The van der Waals surface area contributed by atoms with E-state index in [2.05, 4.69) is 5.32 Å². The van der Waals surface area contributed by atoms with Crippen LogP contribution >= 0.6 is 0 Å². The maximum Gasteiger partial charge on any atom is 0.287 e. The molecule has 1 atom stereocenters. The molecule has 1 aliphatic rings. The molecule has 0 saturated heterocycles. The summed E-state index contributed by atoms with van der Waals surface area (Å²) in [6.07, 6.45) is 0.854. The van der Waals surface area contributed by atoms with Crippen LogP contribution < -0.4 is 14.8 Å². The zero-order valence-electron chi connectivity index (χ0n) is 13.8. The monoisotopic (exact) mass is 331 g/mol. The number of benzene rings is 1. The van der Waals surface area contributed by atoms with Crippen LogP contribution in [0.15, 0.2) is 34.7 Å². The molecular formula is C18H21NO5. The minimum atomic E-state index is -0.224. The Morgan fingerprint density at radius 2 is 2.17 bits per heavy atom. The highest BCUT2D eigenvalue weighted by atomic mass is 16.5. The lowest BCUT2D eigenvalue weighted by atomic mass is 9.96. The molecule has 0 radical (unpaired) electrons. The van der Waals surface area contributed by atoms with Crippen molar-refractivity contribution < 1.29 is 23.4 Å². The Hall–Kier alpha value is -2.47. The van der Waals surface area contributed by atoms with Crippen LogP contribution in [0.4, 0.5) is 0 Å². The molecule has 1 aromatic carbocycles. The molecule has 128 valence electrons. The molecule has 0 aliphatic carbocycles. The number of hydrogen-bond acceptors (Lipinski definition) is 5.